The summed E-state index contributed by atoms with van der Waals surface area (Å²) in [6.45, 7) is 8.45. The van der Waals surface area contributed by atoms with Crippen LogP contribution in [0.2, 0.25) is 0 Å². The maximum absolute atomic E-state index is 13.9. The van der Waals surface area contributed by atoms with Gasteiger partial charge < -0.3 is 14.6 Å². The van der Waals surface area contributed by atoms with Crippen molar-refractivity contribution in [1.82, 2.24) is 5.32 Å². The first-order valence-corrected chi connectivity index (χ1v) is 8.90. The summed E-state index contributed by atoms with van der Waals surface area (Å²) in [6.07, 6.45) is -0.599. The van der Waals surface area contributed by atoms with Gasteiger partial charge in [0.25, 0.3) is 0 Å². The number of alkyl carbamates (subject to hydrolysis) is 1. The second-order valence-corrected chi connectivity index (χ2v) is 9.20. The van der Waals surface area contributed by atoms with Crippen LogP contribution in [0, 0.1) is 5.82 Å². The molecule has 1 aromatic rings. The van der Waals surface area contributed by atoms with Crippen LogP contribution in [0.15, 0.2) is 18.2 Å². The van der Waals surface area contributed by atoms with Crippen LogP contribution in [0.4, 0.5) is 9.18 Å². The fraction of sp³-hybridized carbons (Fsp3) is 0.500. The fourth-order valence-corrected chi connectivity index (χ4v) is 2.35. The molecule has 1 aromatic carbocycles. The fourth-order valence-electron chi connectivity index (χ4n) is 1.50. The maximum atomic E-state index is 13.9. The lowest BCUT2D eigenvalue weighted by molar-refractivity contribution is 0.0523. The summed E-state index contributed by atoms with van der Waals surface area (Å²) in [6, 6.07) is 4.41. The van der Waals surface area contributed by atoms with E-state index in [1.165, 1.54) is 12.1 Å². The van der Waals surface area contributed by atoms with E-state index in [1.54, 1.807) is 40.2 Å². The molecule has 6 heteroatoms. The summed E-state index contributed by atoms with van der Waals surface area (Å²) < 4.78 is 30.8. The maximum Gasteiger partial charge on any atom is 0.407 e. The van der Waals surface area contributed by atoms with Crippen molar-refractivity contribution in [2.75, 3.05) is 13.3 Å². The van der Waals surface area contributed by atoms with Crippen molar-refractivity contribution in [3.8, 4) is 0 Å². The van der Waals surface area contributed by atoms with Crippen LogP contribution in [-0.4, -0.2) is 25.0 Å². The number of hydrogen-bond donors (Lipinski definition) is 1. The van der Waals surface area contributed by atoms with Crippen molar-refractivity contribution in [2.45, 2.75) is 32.9 Å². The Balaban J connectivity index is 2.71. The number of hydrogen-bond acceptors (Lipinski definition) is 3. The van der Waals surface area contributed by atoms with Gasteiger partial charge in [-0.05, 0) is 40.2 Å². The molecule has 0 aliphatic carbocycles. The standard InChI is InChI=1S/C14H21FNO3P/c1-14(2,3)19-13(17)16-9-10-6-7-11(8-12(10)15)20(4,5)18/h6-8H,9H2,1-5H3,(H,16,17). The topological polar surface area (TPSA) is 55.4 Å². The Hall–Kier alpha value is -1.35. The van der Waals surface area contributed by atoms with Gasteiger partial charge in [0.2, 0.25) is 0 Å². The number of carbonyl (C=O) groups excluding carboxylic acids is 1. The van der Waals surface area contributed by atoms with Gasteiger partial charge in [-0.15, -0.1) is 0 Å². The molecule has 0 spiro atoms. The molecule has 112 valence electrons. The first kappa shape index (κ1) is 16.7. The van der Waals surface area contributed by atoms with Crippen molar-refractivity contribution in [1.29, 1.82) is 0 Å². The normalized spacial score (nSPS) is 12.1. The third kappa shape index (κ3) is 5.33. The van der Waals surface area contributed by atoms with Gasteiger partial charge in [-0.2, -0.15) is 0 Å². The lowest BCUT2D eigenvalue weighted by atomic mass is 10.2. The first-order valence-electron chi connectivity index (χ1n) is 6.30. The number of ether oxygens (including phenoxy) is 1. The Bertz CT molecular complexity index is 546. The van der Waals surface area contributed by atoms with E-state index in [0.29, 0.717) is 10.9 Å². The molecule has 0 radical (unpaired) electrons. The van der Waals surface area contributed by atoms with Crippen LogP contribution < -0.4 is 10.6 Å². The summed E-state index contributed by atoms with van der Waals surface area (Å²) in [5.74, 6) is -0.484. The molecule has 0 fully saturated rings. The number of amides is 1. The highest BCUT2D eigenvalue weighted by atomic mass is 31.2. The molecule has 0 aliphatic rings. The first-order chi connectivity index (χ1) is 8.99. The third-order valence-corrected chi connectivity index (χ3v) is 4.00. The number of nitrogens with one attached hydrogen (secondary N) is 1. The van der Waals surface area contributed by atoms with Gasteiger partial charge >= 0.3 is 6.09 Å². The monoisotopic (exact) mass is 301 g/mol. The number of halogens is 1. The van der Waals surface area contributed by atoms with Gasteiger partial charge in [0.05, 0.1) is 0 Å². The van der Waals surface area contributed by atoms with Crippen LogP contribution in [0.1, 0.15) is 26.3 Å². The summed E-state index contributed by atoms with van der Waals surface area (Å²) in [4.78, 5) is 11.5. The van der Waals surface area contributed by atoms with Crippen molar-refractivity contribution in [3.05, 3.63) is 29.6 Å². The zero-order valence-corrected chi connectivity index (χ0v) is 13.4. The minimum Gasteiger partial charge on any atom is -0.444 e. The molecule has 20 heavy (non-hydrogen) atoms. The zero-order valence-electron chi connectivity index (χ0n) is 12.5. The van der Waals surface area contributed by atoms with Gasteiger partial charge in [0.1, 0.15) is 18.6 Å². The number of carbonyl (C=O) groups is 1. The van der Waals surface area contributed by atoms with E-state index in [1.807, 2.05) is 0 Å². The summed E-state index contributed by atoms with van der Waals surface area (Å²) in [5.41, 5.74) is -0.267. The smallest absolute Gasteiger partial charge is 0.407 e. The molecule has 0 unspecified atom stereocenters. The van der Waals surface area contributed by atoms with Gasteiger partial charge in [-0.3, -0.25) is 0 Å². The Morgan fingerprint density at radius 3 is 2.40 bits per heavy atom. The molecule has 0 aliphatic heterocycles. The average molecular weight is 301 g/mol. The molecule has 0 heterocycles. The molecule has 1 amide bonds. The SMILES string of the molecule is CC(C)(C)OC(=O)NCc1ccc(P(C)(C)=O)cc1F. The minimum atomic E-state index is -2.48. The molecule has 0 saturated heterocycles. The molecule has 4 nitrogen and oxygen atoms in total. The molecule has 0 aromatic heterocycles. The Morgan fingerprint density at radius 1 is 1.35 bits per heavy atom. The lowest BCUT2D eigenvalue weighted by Gasteiger charge is -2.19. The average Bonchev–Trinajstić information content (AvgIpc) is 2.23. The van der Waals surface area contributed by atoms with E-state index in [0.717, 1.165) is 0 Å². The Labute approximate surface area is 119 Å². The molecule has 0 atom stereocenters. The number of rotatable bonds is 3. The largest absolute Gasteiger partial charge is 0.444 e. The highest BCUT2D eigenvalue weighted by Gasteiger charge is 2.17. The number of benzene rings is 1. The summed E-state index contributed by atoms with van der Waals surface area (Å²) >= 11 is 0. The highest BCUT2D eigenvalue weighted by molar-refractivity contribution is 7.70. The zero-order chi connectivity index (χ0) is 15.6. The summed E-state index contributed by atoms with van der Waals surface area (Å²) in [7, 11) is -2.48. The van der Waals surface area contributed by atoms with Gasteiger partial charge in [-0.1, -0.05) is 12.1 Å². The quantitative estimate of drug-likeness (QED) is 0.873. The van der Waals surface area contributed by atoms with Crippen molar-refractivity contribution >= 4 is 18.5 Å². The van der Waals surface area contributed by atoms with Gasteiger partial charge in [-0.25, -0.2) is 9.18 Å². The minimum absolute atomic E-state index is 0.0265. The van der Waals surface area contributed by atoms with Crippen molar-refractivity contribution in [3.63, 3.8) is 0 Å². The van der Waals surface area contributed by atoms with Gasteiger partial charge in [0, 0.05) is 17.4 Å². The Morgan fingerprint density at radius 2 is 1.95 bits per heavy atom. The Kier molecular flexibility index (Phi) is 4.98. The highest BCUT2D eigenvalue weighted by Crippen LogP contribution is 2.34. The van der Waals surface area contributed by atoms with E-state index < -0.39 is 24.7 Å². The molecular formula is C14H21FNO3P. The van der Waals surface area contributed by atoms with Crippen LogP contribution in [0.3, 0.4) is 0 Å². The molecular weight excluding hydrogens is 280 g/mol. The second kappa shape index (κ2) is 5.96. The van der Waals surface area contributed by atoms with Crippen LogP contribution in [-0.2, 0) is 15.8 Å². The van der Waals surface area contributed by atoms with Crippen LogP contribution in [0.5, 0.6) is 0 Å². The molecule has 1 N–H and O–H groups in total. The third-order valence-electron chi connectivity index (χ3n) is 2.48. The van der Waals surface area contributed by atoms with E-state index in [9.17, 15) is 13.8 Å². The predicted octanol–water partition coefficient (Wildman–Crippen LogP) is 3.10. The molecule has 0 saturated carbocycles. The van der Waals surface area contributed by atoms with Crippen molar-refractivity contribution < 1.29 is 18.5 Å². The van der Waals surface area contributed by atoms with Crippen molar-refractivity contribution in [2.24, 2.45) is 0 Å². The van der Waals surface area contributed by atoms with E-state index in [4.69, 9.17) is 4.74 Å². The predicted molar refractivity (Wildman–Crippen MR) is 78.6 cm³/mol. The van der Waals surface area contributed by atoms with Crippen LogP contribution >= 0.6 is 7.14 Å². The van der Waals surface area contributed by atoms with Gasteiger partial charge in [0.15, 0.2) is 0 Å². The van der Waals surface area contributed by atoms with Crippen LogP contribution in [0.25, 0.3) is 0 Å². The summed E-state index contributed by atoms with van der Waals surface area (Å²) in [5, 5.41) is 2.97. The molecule has 1 rings (SSSR count). The second-order valence-electron chi connectivity index (χ2n) is 5.98. The molecule has 0 bridgehead atoms. The van der Waals surface area contributed by atoms with E-state index in [-0.39, 0.29) is 6.54 Å². The van der Waals surface area contributed by atoms with E-state index in [2.05, 4.69) is 5.32 Å². The lowest BCUT2D eigenvalue weighted by Crippen LogP contribution is -2.32. The van der Waals surface area contributed by atoms with E-state index >= 15 is 0 Å².